The molecule has 1 aromatic carbocycles. The van der Waals surface area contributed by atoms with Crippen LogP contribution in [-0.2, 0) is 6.42 Å². The maximum absolute atomic E-state index is 3.78. The molecule has 0 amide bonds. The van der Waals surface area contributed by atoms with Crippen molar-refractivity contribution >= 4 is 10.9 Å². The molecule has 0 radical (unpaired) electrons. The average Bonchev–Trinajstić information content (AvgIpc) is 2.98. The highest BCUT2D eigenvalue weighted by Gasteiger charge is 2.26. The van der Waals surface area contributed by atoms with Gasteiger partial charge in [0.05, 0.1) is 0 Å². The molecule has 0 saturated heterocycles. The van der Waals surface area contributed by atoms with E-state index in [1.54, 1.807) is 0 Å². The van der Waals surface area contributed by atoms with Crippen molar-refractivity contribution in [1.82, 2.24) is 15.6 Å². The number of aromatic nitrogens is 1. The van der Waals surface area contributed by atoms with Crippen LogP contribution in [0.1, 0.15) is 45.6 Å². The van der Waals surface area contributed by atoms with Gasteiger partial charge in [-0.1, -0.05) is 44.9 Å². The third kappa shape index (κ3) is 4.20. The number of benzene rings is 1. The minimum Gasteiger partial charge on any atom is -0.361 e. The normalized spacial score (nSPS) is 25.9. The molecule has 3 heteroatoms. The first kappa shape index (κ1) is 17.5. The fourth-order valence-electron chi connectivity index (χ4n) is 4.15. The molecule has 0 spiro atoms. The van der Waals surface area contributed by atoms with Crippen molar-refractivity contribution in [2.24, 2.45) is 11.8 Å². The van der Waals surface area contributed by atoms with E-state index in [1.807, 2.05) is 0 Å². The summed E-state index contributed by atoms with van der Waals surface area (Å²) in [6, 6.07) is 9.76. The van der Waals surface area contributed by atoms with Gasteiger partial charge in [-0.05, 0) is 43.2 Å². The molecule has 0 bridgehead atoms. The number of hydrogen-bond acceptors (Lipinski definition) is 2. The number of hydrogen-bond donors (Lipinski definition) is 3. The van der Waals surface area contributed by atoms with Crippen LogP contribution in [0.4, 0.5) is 0 Å². The highest BCUT2D eigenvalue weighted by molar-refractivity contribution is 5.83. The fraction of sp³-hybridized carbons (Fsp3) is 0.619. The summed E-state index contributed by atoms with van der Waals surface area (Å²) in [5, 5.41) is 8.81. The van der Waals surface area contributed by atoms with Gasteiger partial charge >= 0.3 is 0 Å². The molecule has 3 N–H and O–H groups in total. The van der Waals surface area contributed by atoms with Crippen LogP contribution in [0.2, 0.25) is 0 Å². The van der Waals surface area contributed by atoms with Crippen LogP contribution in [0, 0.1) is 11.8 Å². The molecular weight excluding hydrogens is 294 g/mol. The lowest BCUT2D eigenvalue weighted by Crippen LogP contribution is -2.44. The zero-order valence-corrected chi connectivity index (χ0v) is 15.4. The van der Waals surface area contributed by atoms with Crippen molar-refractivity contribution in [3.8, 4) is 0 Å². The van der Waals surface area contributed by atoms with Gasteiger partial charge in [0.25, 0.3) is 0 Å². The Hall–Kier alpha value is -1.32. The molecule has 132 valence electrons. The van der Waals surface area contributed by atoms with Crippen LogP contribution in [0.25, 0.3) is 10.9 Å². The van der Waals surface area contributed by atoms with Crippen LogP contribution in [0.5, 0.6) is 0 Å². The van der Waals surface area contributed by atoms with Crippen LogP contribution >= 0.6 is 0 Å². The molecule has 1 heterocycles. The van der Waals surface area contributed by atoms with Crippen molar-refractivity contribution in [1.29, 1.82) is 0 Å². The second kappa shape index (κ2) is 8.17. The number of rotatable bonds is 7. The SMILES string of the molecule is CC(Cc1c[nH]c2ccccc12)NCCNC1CCCC(C)C1C. The van der Waals surface area contributed by atoms with E-state index < -0.39 is 0 Å². The standard InChI is InChI=1S/C21H33N3/c1-15-7-6-10-20(17(15)3)23-12-11-22-16(2)13-18-14-24-21-9-5-4-8-19(18)21/h4-5,8-9,14-17,20,22-24H,6-7,10-13H2,1-3H3. The van der Waals surface area contributed by atoms with Crippen LogP contribution in [0.15, 0.2) is 30.5 Å². The number of para-hydroxylation sites is 1. The Morgan fingerprint density at radius 1 is 1.17 bits per heavy atom. The van der Waals surface area contributed by atoms with Crippen LogP contribution < -0.4 is 10.6 Å². The summed E-state index contributed by atoms with van der Waals surface area (Å²) in [5.74, 6) is 1.67. The van der Waals surface area contributed by atoms with E-state index in [2.05, 4.69) is 66.9 Å². The van der Waals surface area contributed by atoms with Crippen molar-refractivity contribution < 1.29 is 0 Å². The Bertz CT molecular complexity index is 633. The van der Waals surface area contributed by atoms with E-state index in [-0.39, 0.29) is 0 Å². The second-order valence-electron chi connectivity index (χ2n) is 7.75. The van der Waals surface area contributed by atoms with Gasteiger partial charge in [0, 0.05) is 42.3 Å². The van der Waals surface area contributed by atoms with Crippen LogP contribution in [-0.4, -0.2) is 30.2 Å². The van der Waals surface area contributed by atoms with Gasteiger partial charge in [-0.2, -0.15) is 0 Å². The van der Waals surface area contributed by atoms with E-state index in [1.165, 1.54) is 35.7 Å². The molecule has 4 atom stereocenters. The molecular formula is C21H33N3. The maximum Gasteiger partial charge on any atom is 0.0456 e. The highest BCUT2D eigenvalue weighted by Crippen LogP contribution is 2.29. The molecule has 1 saturated carbocycles. The van der Waals surface area contributed by atoms with Crippen molar-refractivity contribution in [3.05, 3.63) is 36.0 Å². The Balaban J connectivity index is 1.40. The first-order chi connectivity index (χ1) is 11.6. The fourth-order valence-corrected chi connectivity index (χ4v) is 4.15. The Morgan fingerprint density at radius 2 is 2.00 bits per heavy atom. The first-order valence-corrected chi connectivity index (χ1v) is 9.67. The number of aromatic amines is 1. The minimum absolute atomic E-state index is 0.494. The lowest BCUT2D eigenvalue weighted by molar-refractivity contribution is 0.207. The monoisotopic (exact) mass is 327 g/mol. The summed E-state index contributed by atoms with van der Waals surface area (Å²) in [7, 11) is 0. The Labute approximate surface area is 146 Å². The molecule has 1 aromatic heterocycles. The smallest absolute Gasteiger partial charge is 0.0456 e. The molecule has 2 aromatic rings. The molecule has 24 heavy (non-hydrogen) atoms. The van der Waals surface area contributed by atoms with Gasteiger partial charge in [0.1, 0.15) is 0 Å². The summed E-state index contributed by atoms with van der Waals surface area (Å²) < 4.78 is 0. The predicted molar refractivity (Wildman–Crippen MR) is 103 cm³/mol. The van der Waals surface area contributed by atoms with E-state index in [4.69, 9.17) is 0 Å². The number of H-pyrrole nitrogens is 1. The first-order valence-electron chi connectivity index (χ1n) is 9.67. The Kier molecular flexibility index (Phi) is 5.96. The summed E-state index contributed by atoms with van der Waals surface area (Å²) in [4.78, 5) is 3.37. The van der Waals surface area contributed by atoms with Crippen molar-refractivity contribution in [3.63, 3.8) is 0 Å². The summed E-state index contributed by atoms with van der Waals surface area (Å²) in [6.07, 6.45) is 7.36. The second-order valence-corrected chi connectivity index (χ2v) is 7.75. The molecule has 1 aliphatic carbocycles. The van der Waals surface area contributed by atoms with Crippen LogP contribution in [0.3, 0.4) is 0 Å². The summed E-state index contributed by atoms with van der Waals surface area (Å²) in [5.41, 5.74) is 2.65. The molecule has 0 aliphatic heterocycles. The molecule has 1 fully saturated rings. The van der Waals surface area contributed by atoms with E-state index in [9.17, 15) is 0 Å². The summed E-state index contributed by atoms with van der Waals surface area (Å²) in [6.45, 7) is 9.21. The Morgan fingerprint density at radius 3 is 2.88 bits per heavy atom. The molecule has 3 nitrogen and oxygen atoms in total. The third-order valence-corrected chi connectivity index (χ3v) is 5.93. The maximum atomic E-state index is 3.78. The molecule has 3 rings (SSSR count). The van der Waals surface area contributed by atoms with Gasteiger partial charge < -0.3 is 15.6 Å². The zero-order chi connectivity index (χ0) is 16.9. The van der Waals surface area contributed by atoms with E-state index in [0.29, 0.717) is 12.1 Å². The quantitative estimate of drug-likeness (QED) is 0.670. The van der Waals surface area contributed by atoms with Gasteiger partial charge in [0.15, 0.2) is 0 Å². The van der Waals surface area contributed by atoms with Gasteiger partial charge in [-0.25, -0.2) is 0 Å². The van der Waals surface area contributed by atoms with Gasteiger partial charge in [-0.3, -0.25) is 0 Å². The minimum atomic E-state index is 0.494. The molecule has 1 aliphatic rings. The van der Waals surface area contributed by atoms with E-state index >= 15 is 0 Å². The van der Waals surface area contributed by atoms with Gasteiger partial charge in [-0.15, -0.1) is 0 Å². The summed E-state index contributed by atoms with van der Waals surface area (Å²) >= 11 is 0. The zero-order valence-electron chi connectivity index (χ0n) is 15.4. The van der Waals surface area contributed by atoms with E-state index in [0.717, 1.165) is 31.3 Å². The lowest BCUT2D eigenvalue weighted by atomic mass is 9.78. The largest absolute Gasteiger partial charge is 0.361 e. The average molecular weight is 328 g/mol. The molecule has 4 unspecified atom stereocenters. The lowest BCUT2D eigenvalue weighted by Gasteiger charge is -2.35. The topological polar surface area (TPSA) is 39.9 Å². The highest BCUT2D eigenvalue weighted by atomic mass is 15.0. The van der Waals surface area contributed by atoms with Gasteiger partial charge in [0.2, 0.25) is 0 Å². The third-order valence-electron chi connectivity index (χ3n) is 5.93. The van der Waals surface area contributed by atoms with Crippen molar-refractivity contribution in [2.75, 3.05) is 13.1 Å². The number of nitrogens with one attached hydrogen (secondary N) is 3. The number of fused-ring (bicyclic) bond motifs is 1. The predicted octanol–water partition coefficient (Wildman–Crippen LogP) is 4.10. The van der Waals surface area contributed by atoms with Crippen molar-refractivity contribution in [2.45, 2.75) is 58.5 Å².